The summed E-state index contributed by atoms with van der Waals surface area (Å²) >= 11 is 6.34. The maximum absolute atomic E-state index is 12.2. The molecule has 1 aromatic carbocycles. The zero-order valence-electron chi connectivity index (χ0n) is 16.8. The van der Waals surface area contributed by atoms with E-state index in [4.69, 9.17) is 21.6 Å². The molecule has 1 heterocycles. The number of carbonyl (C=O) groups excluding carboxylic acids is 2. The van der Waals surface area contributed by atoms with Crippen molar-refractivity contribution in [2.24, 2.45) is 5.92 Å². The molecule has 0 aliphatic heterocycles. The first-order chi connectivity index (χ1) is 13.7. The van der Waals surface area contributed by atoms with E-state index in [1.165, 1.54) is 19.1 Å². The highest BCUT2D eigenvalue weighted by Gasteiger charge is 2.18. The number of amides is 1. The Kier molecular flexibility index (Phi) is 7.57. The fourth-order valence-electron chi connectivity index (χ4n) is 2.57. The first-order valence-corrected chi connectivity index (χ1v) is 9.52. The molecule has 0 aliphatic carbocycles. The van der Waals surface area contributed by atoms with Crippen molar-refractivity contribution in [2.75, 3.05) is 5.32 Å². The van der Waals surface area contributed by atoms with Crippen LogP contribution in [0.25, 0.3) is 6.08 Å². The normalized spacial score (nSPS) is 12.0. The lowest BCUT2D eigenvalue weighted by atomic mass is 10.2. The Hall–Kier alpha value is -3.11. The largest absolute Gasteiger partial charge is 0.449 e. The monoisotopic (exact) mass is 414 g/mol. The smallest absolute Gasteiger partial charge is 0.331 e. The number of esters is 1. The predicted molar refractivity (Wildman–Crippen MR) is 111 cm³/mol. The number of nitrogens with zero attached hydrogens (tertiary/aromatic N) is 3. The molecule has 0 saturated heterocycles. The summed E-state index contributed by atoms with van der Waals surface area (Å²) < 4.78 is 6.83. The van der Waals surface area contributed by atoms with Gasteiger partial charge in [0, 0.05) is 18.2 Å². The van der Waals surface area contributed by atoms with Crippen molar-refractivity contribution in [1.82, 2.24) is 9.78 Å². The number of hydrogen-bond donors (Lipinski definition) is 1. The zero-order valence-corrected chi connectivity index (χ0v) is 17.5. The lowest BCUT2D eigenvalue weighted by molar-refractivity contribution is -0.148. The average Bonchev–Trinajstić information content (AvgIpc) is 2.92. The highest BCUT2D eigenvalue weighted by molar-refractivity contribution is 6.31. The molecule has 2 rings (SSSR count). The van der Waals surface area contributed by atoms with E-state index in [1.807, 2.05) is 6.07 Å². The van der Waals surface area contributed by atoms with Crippen molar-refractivity contribution in [2.45, 2.75) is 40.3 Å². The number of aryl methyl sites for hydroxylation is 1. The Morgan fingerprint density at radius 2 is 2.03 bits per heavy atom. The van der Waals surface area contributed by atoms with Gasteiger partial charge in [-0.1, -0.05) is 37.6 Å². The molecule has 0 fully saturated rings. The number of anilines is 1. The van der Waals surface area contributed by atoms with Crippen LogP contribution >= 0.6 is 11.6 Å². The highest BCUT2D eigenvalue weighted by atomic mass is 35.5. The van der Waals surface area contributed by atoms with Crippen LogP contribution in [0.2, 0.25) is 5.15 Å². The second-order valence-electron chi connectivity index (χ2n) is 6.92. The molecule has 0 unspecified atom stereocenters. The van der Waals surface area contributed by atoms with Crippen LogP contribution in [0.15, 0.2) is 30.3 Å². The summed E-state index contributed by atoms with van der Waals surface area (Å²) in [6.07, 6.45) is 1.70. The SMILES string of the molecule is Cc1nn(CC(C)C)c(Cl)c1/C=C/C(=O)O[C@H](C)C(=O)Nc1ccccc1C#N. The van der Waals surface area contributed by atoms with Gasteiger partial charge in [-0.25, -0.2) is 4.79 Å². The molecule has 8 heteroatoms. The summed E-state index contributed by atoms with van der Waals surface area (Å²) in [5.74, 6) is -0.846. The van der Waals surface area contributed by atoms with Gasteiger partial charge in [-0.3, -0.25) is 9.48 Å². The molecular weight excluding hydrogens is 392 g/mol. The van der Waals surface area contributed by atoms with Gasteiger partial charge in [0.2, 0.25) is 0 Å². The molecule has 152 valence electrons. The third kappa shape index (κ3) is 5.93. The molecule has 7 nitrogen and oxygen atoms in total. The number of halogens is 1. The number of para-hydroxylation sites is 1. The van der Waals surface area contributed by atoms with Crippen LogP contribution in [0.4, 0.5) is 5.69 Å². The van der Waals surface area contributed by atoms with Crippen LogP contribution in [0.3, 0.4) is 0 Å². The molecular formula is C21H23ClN4O3. The van der Waals surface area contributed by atoms with E-state index in [1.54, 1.807) is 35.9 Å². The van der Waals surface area contributed by atoms with Crippen LogP contribution < -0.4 is 5.32 Å². The Morgan fingerprint density at radius 1 is 1.34 bits per heavy atom. The fourth-order valence-corrected chi connectivity index (χ4v) is 2.87. The van der Waals surface area contributed by atoms with Crippen molar-refractivity contribution in [1.29, 1.82) is 5.26 Å². The van der Waals surface area contributed by atoms with Crippen LogP contribution in [0, 0.1) is 24.2 Å². The van der Waals surface area contributed by atoms with Gasteiger partial charge in [-0.15, -0.1) is 0 Å². The third-order valence-electron chi connectivity index (χ3n) is 4.00. The van der Waals surface area contributed by atoms with Gasteiger partial charge in [-0.05, 0) is 38.0 Å². The van der Waals surface area contributed by atoms with E-state index in [0.29, 0.717) is 40.1 Å². The van der Waals surface area contributed by atoms with E-state index >= 15 is 0 Å². The summed E-state index contributed by atoms with van der Waals surface area (Å²) in [5.41, 5.74) is 2.00. The number of ether oxygens (including phenoxy) is 1. The summed E-state index contributed by atoms with van der Waals surface area (Å²) in [5, 5.41) is 16.5. The van der Waals surface area contributed by atoms with Crippen LogP contribution in [0.1, 0.15) is 37.6 Å². The van der Waals surface area contributed by atoms with Gasteiger partial charge in [0.25, 0.3) is 5.91 Å². The molecule has 0 aliphatic rings. The maximum Gasteiger partial charge on any atom is 0.331 e. The first kappa shape index (κ1) is 22.2. The summed E-state index contributed by atoms with van der Waals surface area (Å²) in [6, 6.07) is 8.56. The average molecular weight is 415 g/mol. The Labute approximate surface area is 174 Å². The second kappa shape index (κ2) is 9.89. The van der Waals surface area contributed by atoms with Gasteiger partial charge in [0.05, 0.1) is 16.9 Å². The van der Waals surface area contributed by atoms with Crippen LogP contribution in [-0.4, -0.2) is 27.8 Å². The van der Waals surface area contributed by atoms with E-state index < -0.39 is 18.0 Å². The number of benzene rings is 1. The Balaban J connectivity index is 2.01. The topological polar surface area (TPSA) is 97.0 Å². The van der Waals surface area contributed by atoms with Gasteiger partial charge < -0.3 is 10.1 Å². The Morgan fingerprint density at radius 3 is 2.69 bits per heavy atom. The number of hydrogen-bond acceptors (Lipinski definition) is 5. The third-order valence-corrected chi connectivity index (χ3v) is 4.40. The highest BCUT2D eigenvalue weighted by Crippen LogP contribution is 2.22. The number of rotatable bonds is 7. The maximum atomic E-state index is 12.2. The number of nitriles is 1. The minimum Gasteiger partial charge on any atom is -0.449 e. The molecule has 1 amide bonds. The molecule has 29 heavy (non-hydrogen) atoms. The van der Waals surface area contributed by atoms with Crippen molar-refractivity contribution in [3.8, 4) is 6.07 Å². The lowest BCUT2D eigenvalue weighted by Crippen LogP contribution is -2.29. The minimum absolute atomic E-state index is 0.322. The molecule has 2 aromatic rings. The molecule has 0 radical (unpaired) electrons. The molecule has 0 bridgehead atoms. The van der Waals surface area contributed by atoms with E-state index in [0.717, 1.165) is 0 Å². The number of aromatic nitrogens is 2. The Bertz CT molecular complexity index is 973. The standard InChI is InChI=1S/C21H23ClN4O3/c1-13(2)12-26-20(22)17(14(3)25-26)9-10-19(27)29-15(4)21(28)24-18-8-6-5-7-16(18)11-23/h5-10,13,15H,12H2,1-4H3,(H,24,28)/b10-9+/t15-/m1/s1. The summed E-state index contributed by atoms with van der Waals surface area (Å²) in [7, 11) is 0. The molecule has 1 atom stereocenters. The summed E-state index contributed by atoms with van der Waals surface area (Å²) in [6.45, 7) is 8.04. The first-order valence-electron chi connectivity index (χ1n) is 9.14. The van der Waals surface area contributed by atoms with Gasteiger partial charge >= 0.3 is 5.97 Å². The van der Waals surface area contributed by atoms with Gasteiger partial charge in [0.1, 0.15) is 11.2 Å². The van der Waals surface area contributed by atoms with Crippen molar-refractivity contribution in [3.63, 3.8) is 0 Å². The van der Waals surface area contributed by atoms with Gasteiger partial charge in [-0.2, -0.15) is 10.4 Å². The molecule has 0 saturated carbocycles. The fraction of sp³-hybridized carbons (Fsp3) is 0.333. The van der Waals surface area contributed by atoms with Crippen LogP contribution in [0.5, 0.6) is 0 Å². The van der Waals surface area contributed by atoms with E-state index in [-0.39, 0.29) is 0 Å². The van der Waals surface area contributed by atoms with Crippen molar-refractivity contribution < 1.29 is 14.3 Å². The van der Waals surface area contributed by atoms with E-state index in [2.05, 4.69) is 24.3 Å². The minimum atomic E-state index is -1.04. The summed E-state index contributed by atoms with van der Waals surface area (Å²) in [4.78, 5) is 24.4. The predicted octanol–water partition coefficient (Wildman–Crippen LogP) is 3.96. The number of carbonyl (C=O) groups is 2. The quantitative estimate of drug-likeness (QED) is 0.546. The molecule has 1 aromatic heterocycles. The van der Waals surface area contributed by atoms with Crippen molar-refractivity contribution >= 4 is 35.2 Å². The van der Waals surface area contributed by atoms with Crippen LogP contribution in [-0.2, 0) is 20.9 Å². The second-order valence-corrected chi connectivity index (χ2v) is 7.28. The number of nitrogens with one attached hydrogen (secondary N) is 1. The molecule has 1 N–H and O–H groups in total. The zero-order chi connectivity index (χ0) is 21.6. The molecule has 0 spiro atoms. The van der Waals surface area contributed by atoms with Gasteiger partial charge in [0.15, 0.2) is 6.10 Å². The lowest BCUT2D eigenvalue weighted by Gasteiger charge is -2.13. The van der Waals surface area contributed by atoms with E-state index in [9.17, 15) is 9.59 Å². The van der Waals surface area contributed by atoms with Crippen molar-refractivity contribution in [3.05, 3.63) is 52.3 Å².